The molecular formula is C21H23N3O4. The van der Waals surface area contributed by atoms with Gasteiger partial charge in [0.1, 0.15) is 5.75 Å². The van der Waals surface area contributed by atoms with E-state index in [1.54, 1.807) is 36.4 Å². The topological polar surface area (TPSA) is 93.2 Å². The maximum absolute atomic E-state index is 12.5. The van der Waals surface area contributed by atoms with E-state index in [-0.39, 0.29) is 30.0 Å². The maximum Gasteiger partial charge on any atom is 0.273 e. The molecule has 0 atom stereocenters. The molecule has 7 heteroatoms. The summed E-state index contributed by atoms with van der Waals surface area (Å²) < 4.78 is 6.88. The quantitative estimate of drug-likeness (QED) is 0.587. The second kappa shape index (κ2) is 9.03. The number of anilines is 1. The lowest BCUT2D eigenvalue weighted by Gasteiger charge is -2.12. The van der Waals surface area contributed by atoms with Gasteiger partial charge in [0.2, 0.25) is 5.91 Å². The number of rotatable bonds is 8. The van der Waals surface area contributed by atoms with Crippen LogP contribution in [0.4, 0.5) is 5.69 Å². The van der Waals surface area contributed by atoms with Crippen molar-refractivity contribution in [2.45, 2.75) is 32.7 Å². The zero-order valence-electron chi connectivity index (χ0n) is 15.7. The van der Waals surface area contributed by atoms with Crippen LogP contribution >= 0.6 is 0 Å². The molecule has 2 aromatic carbocycles. The van der Waals surface area contributed by atoms with Crippen LogP contribution in [0.3, 0.4) is 0 Å². The monoisotopic (exact) mass is 381 g/mol. The first kappa shape index (κ1) is 19.4. The third-order valence-corrected chi connectivity index (χ3v) is 4.36. The van der Waals surface area contributed by atoms with Crippen LogP contribution in [0.25, 0.3) is 10.8 Å². The van der Waals surface area contributed by atoms with Crippen molar-refractivity contribution >= 4 is 22.4 Å². The molecule has 1 amide bonds. The summed E-state index contributed by atoms with van der Waals surface area (Å²) in [6.07, 6.45) is 1.99. The van der Waals surface area contributed by atoms with Gasteiger partial charge < -0.3 is 10.1 Å². The molecule has 0 spiro atoms. The summed E-state index contributed by atoms with van der Waals surface area (Å²) >= 11 is 0. The Hall–Kier alpha value is -3.35. The number of aromatic amines is 1. The summed E-state index contributed by atoms with van der Waals surface area (Å²) in [5, 5.41) is 6.01. The summed E-state index contributed by atoms with van der Waals surface area (Å²) in [5.41, 5.74) is -0.0977. The molecule has 0 aliphatic rings. The number of nitrogens with one attached hydrogen (secondary N) is 2. The number of hydrogen-bond donors (Lipinski definition) is 2. The Balaban J connectivity index is 1.69. The molecule has 1 aromatic heterocycles. The van der Waals surface area contributed by atoms with Crippen molar-refractivity contribution < 1.29 is 9.53 Å². The number of para-hydroxylation sites is 2. The number of aromatic nitrogens is 2. The minimum Gasteiger partial charge on any atom is -0.491 e. The average Bonchev–Trinajstić information content (AvgIpc) is 2.71. The third-order valence-electron chi connectivity index (χ3n) is 4.36. The molecule has 3 aromatic rings. The van der Waals surface area contributed by atoms with Crippen molar-refractivity contribution in [3.05, 3.63) is 69.2 Å². The Morgan fingerprint density at radius 2 is 1.79 bits per heavy atom. The third kappa shape index (κ3) is 4.49. The summed E-state index contributed by atoms with van der Waals surface area (Å²) in [4.78, 5) is 37.0. The van der Waals surface area contributed by atoms with Gasteiger partial charge in [-0.15, -0.1) is 0 Å². The van der Waals surface area contributed by atoms with E-state index in [1.807, 2.05) is 12.1 Å². The van der Waals surface area contributed by atoms with Gasteiger partial charge in [0, 0.05) is 6.42 Å². The number of nitrogens with zero attached hydrogens (tertiary/aromatic N) is 1. The smallest absolute Gasteiger partial charge is 0.273 e. The van der Waals surface area contributed by atoms with Crippen LogP contribution in [0.1, 0.15) is 26.2 Å². The molecule has 0 unspecified atom stereocenters. The fraction of sp³-hybridized carbons (Fsp3) is 0.286. The van der Waals surface area contributed by atoms with Crippen molar-refractivity contribution in [2.75, 3.05) is 11.9 Å². The van der Waals surface area contributed by atoms with E-state index in [9.17, 15) is 14.4 Å². The fourth-order valence-electron chi connectivity index (χ4n) is 2.85. The molecule has 146 valence electrons. The minimum atomic E-state index is -0.356. The lowest BCUT2D eigenvalue weighted by Crippen LogP contribution is -2.31. The molecule has 0 aliphatic carbocycles. The van der Waals surface area contributed by atoms with Crippen LogP contribution in [0.15, 0.2) is 58.1 Å². The first-order chi connectivity index (χ1) is 13.6. The van der Waals surface area contributed by atoms with Crippen molar-refractivity contribution in [1.82, 2.24) is 9.78 Å². The Morgan fingerprint density at radius 3 is 2.57 bits per heavy atom. The van der Waals surface area contributed by atoms with Gasteiger partial charge in [0.15, 0.2) is 0 Å². The van der Waals surface area contributed by atoms with Crippen LogP contribution in [0, 0.1) is 0 Å². The van der Waals surface area contributed by atoms with Crippen molar-refractivity contribution in [3.8, 4) is 5.75 Å². The number of unbranched alkanes of at least 4 members (excludes halogenated alkanes) is 1. The van der Waals surface area contributed by atoms with Gasteiger partial charge in [-0.25, -0.2) is 4.68 Å². The van der Waals surface area contributed by atoms with Crippen molar-refractivity contribution in [3.63, 3.8) is 0 Å². The number of H-pyrrole nitrogens is 1. The SMILES string of the molecule is CCCCOc1ccccc1NC(=O)CCn1[nH]c(=O)c2ccccc2c1=O. The highest BCUT2D eigenvalue weighted by Gasteiger charge is 2.10. The molecule has 0 bridgehead atoms. The number of carbonyl (C=O) groups is 1. The van der Waals surface area contributed by atoms with Gasteiger partial charge in [-0.1, -0.05) is 37.6 Å². The highest BCUT2D eigenvalue weighted by Crippen LogP contribution is 2.24. The van der Waals surface area contributed by atoms with Gasteiger partial charge in [0.25, 0.3) is 11.1 Å². The van der Waals surface area contributed by atoms with Crippen LogP contribution in [-0.2, 0) is 11.3 Å². The predicted octanol–water partition coefficient (Wildman–Crippen LogP) is 2.90. The van der Waals surface area contributed by atoms with Gasteiger partial charge in [0.05, 0.1) is 29.6 Å². The zero-order chi connectivity index (χ0) is 19.9. The first-order valence-corrected chi connectivity index (χ1v) is 9.33. The van der Waals surface area contributed by atoms with E-state index >= 15 is 0 Å². The van der Waals surface area contributed by atoms with Crippen molar-refractivity contribution in [1.29, 1.82) is 0 Å². The standard InChI is InChI=1S/C21H23N3O4/c1-2-3-14-28-18-11-7-6-10-17(18)22-19(25)12-13-24-21(27)16-9-5-4-8-15(16)20(26)23-24/h4-11H,2-3,12-14H2,1H3,(H,22,25)(H,23,26). The molecule has 0 aliphatic heterocycles. The second-order valence-electron chi connectivity index (χ2n) is 6.44. The van der Waals surface area contributed by atoms with E-state index in [0.29, 0.717) is 28.8 Å². The minimum absolute atomic E-state index is 0.0392. The zero-order valence-corrected chi connectivity index (χ0v) is 15.7. The van der Waals surface area contributed by atoms with Crippen LogP contribution in [0.2, 0.25) is 0 Å². The second-order valence-corrected chi connectivity index (χ2v) is 6.44. The molecule has 0 fully saturated rings. The number of fused-ring (bicyclic) bond motifs is 1. The number of hydrogen-bond acceptors (Lipinski definition) is 4. The molecule has 0 radical (unpaired) electrons. The van der Waals surface area contributed by atoms with Crippen LogP contribution in [-0.4, -0.2) is 22.3 Å². The van der Waals surface area contributed by atoms with Crippen molar-refractivity contribution in [2.24, 2.45) is 0 Å². The van der Waals surface area contributed by atoms with E-state index in [1.165, 1.54) is 4.68 Å². The number of ether oxygens (including phenoxy) is 1. The molecular weight excluding hydrogens is 358 g/mol. The Labute approximate surface area is 161 Å². The molecule has 3 rings (SSSR count). The lowest BCUT2D eigenvalue weighted by molar-refractivity contribution is -0.116. The molecule has 1 heterocycles. The van der Waals surface area contributed by atoms with Gasteiger partial charge in [-0.3, -0.25) is 19.5 Å². The normalized spacial score (nSPS) is 10.8. The molecule has 7 nitrogen and oxygen atoms in total. The summed E-state index contributed by atoms with van der Waals surface area (Å²) in [6, 6.07) is 13.8. The van der Waals surface area contributed by atoms with E-state index in [0.717, 1.165) is 12.8 Å². The highest BCUT2D eigenvalue weighted by molar-refractivity contribution is 5.92. The fourth-order valence-corrected chi connectivity index (χ4v) is 2.85. The van der Waals surface area contributed by atoms with Crippen LogP contribution in [0.5, 0.6) is 5.75 Å². The highest BCUT2D eigenvalue weighted by atomic mass is 16.5. The summed E-state index contributed by atoms with van der Waals surface area (Å²) in [6.45, 7) is 2.73. The first-order valence-electron chi connectivity index (χ1n) is 9.33. The lowest BCUT2D eigenvalue weighted by atomic mass is 10.2. The number of benzene rings is 2. The Kier molecular flexibility index (Phi) is 6.26. The molecule has 2 N–H and O–H groups in total. The Bertz CT molecular complexity index is 1080. The van der Waals surface area contributed by atoms with E-state index in [4.69, 9.17) is 4.74 Å². The van der Waals surface area contributed by atoms with Gasteiger partial charge in [-0.2, -0.15) is 0 Å². The molecule has 0 saturated carbocycles. The number of amides is 1. The number of aryl methyl sites for hydroxylation is 1. The van der Waals surface area contributed by atoms with Gasteiger partial charge in [-0.05, 0) is 30.7 Å². The van der Waals surface area contributed by atoms with Crippen LogP contribution < -0.4 is 21.2 Å². The van der Waals surface area contributed by atoms with Gasteiger partial charge >= 0.3 is 0 Å². The maximum atomic E-state index is 12.5. The molecule has 0 saturated heterocycles. The summed E-state index contributed by atoms with van der Waals surface area (Å²) in [5.74, 6) is 0.341. The average molecular weight is 381 g/mol. The summed E-state index contributed by atoms with van der Waals surface area (Å²) in [7, 11) is 0. The van der Waals surface area contributed by atoms with E-state index in [2.05, 4.69) is 17.3 Å². The van der Waals surface area contributed by atoms with E-state index < -0.39 is 0 Å². The predicted molar refractivity (Wildman–Crippen MR) is 109 cm³/mol. The largest absolute Gasteiger partial charge is 0.491 e. The number of carbonyl (C=O) groups excluding carboxylic acids is 1. The molecule has 28 heavy (non-hydrogen) atoms. The Morgan fingerprint density at radius 1 is 1.07 bits per heavy atom.